The van der Waals surface area contributed by atoms with Crippen LogP contribution >= 0.6 is 11.8 Å². The molecular formula is C11H22OS. The van der Waals surface area contributed by atoms with E-state index in [1.165, 1.54) is 50.7 Å². The first-order chi connectivity index (χ1) is 6.43. The molecule has 0 amide bonds. The van der Waals surface area contributed by atoms with Gasteiger partial charge >= 0.3 is 0 Å². The van der Waals surface area contributed by atoms with Crippen LogP contribution in [0.5, 0.6) is 0 Å². The molecule has 1 saturated carbocycles. The van der Waals surface area contributed by atoms with E-state index in [1.54, 1.807) is 0 Å². The van der Waals surface area contributed by atoms with Crippen molar-refractivity contribution in [2.45, 2.75) is 56.6 Å². The van der Waals surface area contributed by atoms with Gasteiger partial charge in [-0.25, -0.2) is 0 Å². The number of aliphatic hydroxyl groups is 1. The van der Waals surface area contributed by atoms with Crippen molar-refractivity contribution in [3.63, 3.8) is 0 Å². The molecule has 2 heteroatoms. The van der Waals surface area contributed by atoms with Gasteiger partial charge in [-0.05, 0) is 31.4 Å². The SMILES string of the molecule is OCCCCCSC1CCCCC1. The summed E-state index contributed by atoms with van der Waals surface area (Å²) in [6, 6.07) is 0. The normalized spacial score (nSPS) is 19.2. The van der Waals surface area contributed by atoms with Crippen LogP contribution < -0.4 is 0 Å². The second-order valence-electron chi connectivity index (χ2n) is 3.92. The molecule has 1 rings (SSSR count). The van der Waals surface area contributed by atoms with E-state index >= 15 is 0 Å². The van der Waals surface area contributed by atoms with Gasteiger partial charge in [0.05, 0.1) is 0 Å². The molecule has 0 bridgehead atoms. The van der Waals surface area contributed by atoms with Crippen LogP contribution in [0, 0.1) is 0 Å². The van der Waals surface area contributed by atoms with E-state index in [4.69, 9.17) is 5.11 Å². The standard InChI is InChI=1S/C11H22OS/c12-9-5-2-6-10-13-11-7-3-1-4-8-11/h11-12H,1-10H2. The van der Waals surface area contributed by atoms with Gasteiger partial charge < -0.3 is 5.11 Å². The molecule has 0 radical (unpaired) electrons. The third-order valence-corrected chi connectivity index (χ3v) is 4.18. The van der Waals surface area contributed by atoms with Crippen molar-refractivity contribution in [1.82, 2.24) is 0 Å². The Morgan fingerprint density at radius 2 is 1.77 bits per heavy atom. The lowest BCUT2D eigenvalue weighted by Crippen LogP contribution is -2.08. The maximum atomic E-state index is 8.61. The van der Waals surface area contributed by atoms with Crippen molar-refractivity contribution in [2.24, 2.45) is 0 Å². The zero-order valence-corrected chi connectivity index (χ0v) is 9.32. The fourth-order valence-electron chi connectivity index (χ4n) is 1.87. The fraction of sp³-hybridized carbons (Fsp3) is 1.00. The van der Waals surface area contributed by atoms with Crippen LogP contribution in [0.4, 0.5) is 0 Å². The van der Waals surface area contributed by atoms with Crippen molar-refractivity contribution < 1.29 is 5.11 Å². The van der Waals surface area contributed by atoms with Gasteiger partial charge in [-0.3, -0.25) is 0 Å². The van der Waals surface area contributed by atoms with E-state index in [0.717, 1.165) is 11.7 Å². The molecule has 1 nitrogen and oxygen atoms in total. The number of rotatable bonds is 6. The highest BCUT2D eigenvalue weighted by atomic mass is 32.2. The van der Waals surface area contributed by atoms with Crippen molar-refractivity contribution in [3.05, 3.63) is 0 Å². The quantitative estimate of drug-likeness (QED) is 0.667. The van der Waals surface area contributed by atoms with Crippen LogP contribution in [0.1, 0.15) is 51.4 Å². The maximum Gasteiger partial charge on any atom is 0.0431 e. The van der Waals surface area contributed by atoms with Gasteiger partial charge in [0.25, 0.3) is 0 Å². The first kappa shape index (κ1) is 11.4. The Balaban J connectivity index is 1.86. The minimum atomic E-state index is 0.369. The number of thioether (sulfide) groups is 1. The lowest BCUT2D eigenvalue weighted by atomic mass is 10.0. The second-order valence-corrected chi connectivity index (χ2v) is 5.32. The van der Waals surface area contributed by atoms with Crippen molar-refractivity contribution in [2.75, 3.05) is 12.4 Å². The molecule has 0 aromatic heterocycles. The van der Waals surface area contributed by atoms with Crippen LogP contribution in [0.3, 0.4) is 0 Å². The minimum Gasteiger partial charge on any atom is -0.396 e. The van der Waals surface area contributed by atoms with E-state index in [0.29, 0.717) is 6.61 Å². The average Bonchev–Trinajstić information content (AvgIpc) is 2.19. The lowest BCUT2D eigenvalue weighted by Gasteiger charge is -2.20. The van der Waals surface area contributed by atoms with Crippen molar-refractivity contribution in [1.29, 1.82) is 0 Å². The van der Waals surface area contributed by atoms with Crippen molar-refractivity contribution in [3.8, 4) is 0 Å². The highest BCUT2D eigenvalue weighted by molar-refractivity contribution is 7.99. The number of hydrogen-bond acceptors (Lipinski definition) is 2. The summed E-state index contributed by atoms with van der Waals surface area (Å²) in [5, 5.41) is 9.57. The Bertz CT molecular complexity index is 111. The topological polar surface area (TPSA) is 20.2 Å². The molecular weight excluding hydrogens is 180 g/mol. The summed E-state index contributed by atoms with van der Waals surface area (Å²) in [5.41, 5.74) is 0. The van der Waals surface area contributed by atoms with E-state index in [-0.39, 0.29) is 0 Å². The molecule has 1 aliphatic carbocycles. The predicted molar refractivity (Wildman–Crippen MR) is 60.3 cm³/mol. The molecule has 0 spiro atoms. The molecule has 0 atom stereocenters. The molecule has 1 aliphatic rings. The molecule has 0 unspecified atom stereocenters. The zero-order chi connectivity index (χ0) is 9.36. The van der Waals surface area contributed by atoms with E-state index in [1.807, 2.05) is 0 Å². The Kier molecular flexibility index (Phi) is 6.73. The molecule has 0 aliphatic heterocycles. The minimum absolute atomic E-state index is 0.369. The summed E-state index contributed by atoms with van der Waals surface area (Å²) < 4.78 is 0. The molecule has 1 fully saturated rings. The monoisotopic (exact) mass is 202 g/mol. The van der Waals surface area contributed by atoms with Gasteiger partial charge in [-0.15, -0.1) is 0 Å². The molecule has 0 heterocycles. The predicted octanol–water partition coefficient (Wildman–Crippen LogP) is 3.21. The van der Waals surface area contributed by atoms with Crippen molar-refractivity contribution >= 4 is 11.8 Å². The second kappa shape index (κ2) is 7.69. The van der Waals surface area contributed by atoms with Gasteiger partial charge in [-0.1, -0.05) is 25.7 Å². The Labute approximate surface area is 86.3 Å². The van der Waals surface area contributed by atoms with Crippen LogP contribution in [0.15, 0.2) is 0 Å². The molecule has 1 N–H and O–H groups in total. The van der Waals surface area contributed by atoms with Gasteiger partial charge in [0.15, 0.2) is 0 Å². The number of hydrogen-bond donors (Lipinski definition) is 1. The van der Waals surface area contributed by atoms with Gasteiger partial charge in [0.2, 0.25) is 0 Å². The first-order valence-corrected chi connectivity index (χ1v) is 6.71. The summed E-state index contributed by atoms with van der Waals surface area (Å²) in [6.45, 7) is 0.369. The summed E-state index contributed by atoms with van der Waals surface area (Å²) >= 11 is 2.17. The molecule has 0 aromatic rings. The highest BCUT2D eigenvalue weighted by Gasteiger charge is 2.12. The van der Waals surface area contributed by atoms with E-state index in [2.05, 4.69) is 11.8 Å². The third kappa shape index (κ3) is 5.58. The van der Waals surface area contributed by atoms with Crippen LogP contribution in [0.25, 0.3) is 0 Å². The zero-order valence-electron chi connectivity index (χ0n) is 8.50. The number of unbranched alkanes of at least 4 members (excludes halogenated alkanes) is 2. The summed E-state index contributed by atoms with van der Waals surface area (Å²) in [5.74, 6) is 1.31. The average molecular weight is 202 g/mol. The van der Waals surface area contributed by atoms with E-state index < -0.39 is 0 Å². The van der Waals surface area contributed by atoms with Gasteiger partial charge in [0.1, 0.15) is 0 Å². The third-order valence-electron chi connectivity index (χ3n) is 2.71. The smallest absolute Gasteiger partial charge is 0.0431 e. The first-order valence-electron chi connectivity index (χ1n) is 5.66. The Morgan fingerprint density at radius 3 is 2.46 bits per heavy atom. The summed E-state index contributed by atoms with van der Waals surface area (Å²) in [7, 11) is 0. The van der Waals surface area contributed by atoms with Crippen LogP contribution in [0.2, 0.25) is 0 Å². The summed E-state index contributed by atoms with van der Waals surface area (Å²) in [6.07, 6.45) is 10.8. The van der Waals surface area contributed by atoms with Crippen LogP contribution in [-0.2, 0) is 0 Å². The summed E-state index contributed by atoms with van der Waals surface area (Å²) in [4.78, 5) is 0. The highest BCUT2D eigenvalue weighted by Crippen LogP contribution is 2.28. The molecule has 78 valence electrons. The largest absolute Gasteiger partial charge is 0.396 e. The van der Waals surface area contributed by atoms with Crippen LogP contribution in [-0.4, -0.2) is 22.7 Å². The van der Waals surface area contributed by atoms with Gasteiger partial charge in [-0.2, -0.15) is 11.8 Å². The lowest BCUT2D eigenvalue weighted by molar-refractivity contribution is 0.284. The number of aliphatic hydroxyl groups excluding tert-OH is 1. The molecule has 0 saturated heterocycles. The van der Waals surface area contributed by atoms with Gasteiger partial charge in [0, 0.05) is 11.9 Å². The Hall–Kier alpha value is 0.310. The molecule has 0 aromatic carbocycles. The Morgan fingerprint density at radius 1 is 1.00 bits per heavy atom. The maximum absolute atomic E-state index is 8.61. The fourth-order valence-corrected chi connectivity index (χ4v) is 3.24. The van der Waals surface area contributed by atoms with E-state index in [9.17, 15) is 0 Å². The molecule has 13 heavy (non-hydrogen) atoms.